The monoisotopic (exact) mass is 458 g/mol. The maximum absolute atomic E-state index is 12.1. The van der Waals surface area contributed by atoms with E-state index >= 15 is 0 Å². The summed E-state index contributed by atoms with van der Waals surface area (Å²) >= 11 is 0. The summed E-state index contributed by atoms with van der Waals surface area (Å²) in [6, 6.07) is 11.0. The van der Waals surface area contributed by atoms with Gasteiger partial charge in [0, 0.05) is 18.2 Å². The minimum absolute atomic E-state index is 0.135. The van der Waals surface area contributed by atoms with Crippen molar-refractivity contribution in [2.24, 2.45) is 0 Å². The standard InChI is InChI=1S/C23H26N2O8/c1-4-32-23(29)15-5-7-16(8-6-15)24-20(26)11-12-22(28)33-14-21(27)25-18-13-17(30-2)9-10-19(18)31-3/h5-10,13H,4,11-12,14H2,1-3H3,(H,24,26)(H,25,27). The Kier molecular flexibility index (Phi) is 9.69. The van der Waals surface area contributed by atoms with Gasteiger partial charge in [0.1, 0.15) is 11.5 Å². The second-order valence-electron chi connectivity index (χ2n) is 6.62. The summed E-state index contributed by atoms with van der Waals surface area (Å²) in [5.74, 6) is -1.20. The van der Waals surface area contributed by atoms with Crippen molar-refractivity contribution in [1.82, 2.24) is 0 Å². The Morgan fingerprint density at radius 2 is 1.55 bits per heavy atom. The van der Waals surface area contributed by atoms with Crippen LogP contribution in [0.1, 0.15) is 30.1 Å². The van der Waals surface area contributed by atoms with Crippen molar-refractivity contribution in [2.45, 2.75) is 19.8 Å². The van der Waals surface area contributed by atoms with Gasteiger partial charge in [-0.1, -0.05) is 0 Å². The lowest BCUT2D eigenvalue weighted by molar-refractivity contribution is -0.147. The molecule has 0 radical (unpaired) electrons. The number of carbonyl (C=O) groups is 4. The highest BCUT2D eigenvalue weighted by molar-refractivity contribution is 5.96. The third kappa shape index (κ3) is 8.17. The molecular formula is C23H26N2O8. The number of carbonyl (C=O) groups excluding carboxylic acids is 4. The minimum Gasteiger partial charge on any atom is -0.497 e. The fourth-order valence-electron chi connectivity index (χ4n) is 2.66. The third-order valence-corrected chi connectivity index (χ3v) is 4.28. The van der Waals surface area contributed by atoms with Crippen LogP contribution in [0.15, 0.2) is 42.5 Å². The highest BCUT2D eigenvalue weighted by Crippen LogP contribution is 2.28. The first-order chi connectivity index (χ1) is 15.9. The summed E-state index contributed by atoms with van der Waals surface area (Å²) in [7, 11) is 2.95. The molecule has 2 amide bonds. The van der Waals surface area contributed by atoms with E-state index in [9.17, 15) is 19.2 Å². The van der Waals surface area contributed by atoms with Gasteiger partial charge in [-0.15, -0.1) is 0 Å². The number of ether oxygens (including phenoxy) is 4. The molecule has 0 aromatic heterocycles. The van der Waals surface area contributed by atoms with Gasteiger partial charge in [0.25, 0.3) is 5.91 Å². The Labute approximate surface area is 191 Å². The smallest absolute Gasteiger partial charge is 0.338 e. The summed E-state index contributed by atoms with van der Waals surface area (Å²) in [6.45, 7) is 1.46. The van der Waals surface area contributed by atoms with Crippen LogP contribution in [0.2, 0.25) is 0 Å². The number of hydrogen-bond acceptors (Lipinski definition) is 8. The van der Waals surface area contributed by atoms with E-state index in [1.807, 2.05) is 0 Å². The van der Waals surface area contributed by atoms with Crippen LogP contribution < -0.4 is 20.1 Å². The van der Waals surface area contributed by atoms with Gasteiger partial charge in [-0.2, -0.15) is 0 Å². The van der Waals surface area contributed by atoms with Crippen LogP contribution in [-0.2, 0) is 23.9 Å². The van der Waals surface area contributed by atoms with E-state index < -0.39 is 30.4 Å². The second-order valence-corrected chi connectivity index (χ2v) is 6.62. The molecule has 0 spiro atoms. The quantitative estimate of drug-likeness (QED) is 0.492. The average molecular weight is 458 g/mol. The Hall–Kier alpha value is -4.08. The molecule has 2 aromatic rings. The molecule has 2 aromatic carbocycles. The Morgan fingerprint density at radius 3 is 2.18 bits per heavy atom. The van der Waals surface area contributed by atoms with Gasteiger partial charge in [-0.3, -0.25) is 14.4 Å². The SMILES string of the molecule is CCOC(=O)c1ccc(NC(=O)CCC(=O)OCC(=O)Nc2cc(OC)ccc2OC)cc1. The lowest BCUT2D eigenvalue weighted by Gasteiger charge is -2.12. The van der Waals surface area contributed by atoms with Gasteiger partial charge in [0.2, 0.25) is 5.91 Å². The molecule has 10 nitrogen and oxygen atoms in total. The van der Waals surface area contributed by atoms with Crippen LogP contribution in [0.5, 0.6) is 11.5 Å². The van der Waals surface area contributed by atoms with Crippen LogP contribution in [0.4, 0.5) is 11.4 Å². The summed E-state index contributed by atoms with van der Waals surface area (Å²) in [4.78, 5) is 47.6. The van der Waals surface area contributed by atoms with Crippen molar-refractivity contribution in [2.75, 3.05) is 38.1 Å². The lowest BCUT2D eigenvalue weighted by Crippen LogP contribution is -2.22. The van der Waals surface area contributed by atoms with Gasteiger partial charge in [0.05, 0.1) is 38.5 Å². The van der Waals surface area contributed by atoms with Crippen LogP contribution in [0.25, 0.3) is 0 Å². The summed E-state index contributed by atoms with van der Waals surface area (Å²) in [5.41, 5.74) is 1.20. The minimum atomic E-state index is -0.699. The van der Waals surface area contributed by atoms with E-state index in [1.54, 1.807) is 37.3 Å². The molecule has 10 heteroatoms. The first-order valence-corrected chi connectivity index (χ1v) is 10.1. The van der Waals surface area contributed by atoms with E-state index in [2.05, 4.69) is 10.6 Å². The van der Waals surface area contributed by atoms with Gasteiger partial charge < -0.3 is 29.6 Å². The number of methoxy groups -OCH3 is 2. The maximum Gasteiger partial charge on any atom is 0.338 e. The third-order valence-electron chi connectivity index (χ3n) is 4.28. The first-order valence-electron chi connectivity index (χ1n) is 10.1. The molecule has 176 valence electrons. The lowest BCUT2D eigenvalue weighted by atomic mass is 10.2. The van der Waals surface area contributed by atoms with Crippen LogP contribution in [0.3, 0.4) is 0 Å². The predicted molar refractivity (Wildman–Crippen MR) is 119 cm³/mol. The molecule has 2 N–H and O–H groups in total. The van der Waals surface area contributed by atoms with Gasteiger partial charge in [0.15, 0.2) is 6.61 Å². The molecule has 33 heavy (non-hydrogen) atoms. The largest absolute Gasteiger partial charge is 0.497 e. The molecular weight excluding hydrogens is 432 g/mol. The Balaban J connectivity index is 1.75. The molecule has 0 unspecified atom stereocenters. The summed E-state index contributed by atoms with van der Waals surface area (Å²) in [6.07, 6.45) is -0.341. The van der Waals surface area contributed by atoms with E-state index in [1.165, 1.54) is 26.4 Å². The fraction of sp³-hybridized carbons (Fsp3) is 0.304. The zero-order chi connectivity index (χ0) is 24.2. The fourth-order valence-corrected chi connectivity index (χ4v) is 2.66. The second kappa shape index (κ2) is 12.7. The molecule has 0 saturated carbocycles. The highest BCUT2D eigenvalue weighted by atomic mass is 16.5. The molecule has 0 bridgehead atoms. The van der Waals surface area contributed by atoms with Crippen LogP contribution in [-0.4, -0.2) is 51.2 Å². The topological polar surface area (TPSA) is 129 Å². The number of esters is 2. The molecule has 0 fully saturated rings. The number of hydrogen-bond donors (Lipinski definition) is 2. The van der Waals surface area contributed by atoms with Crippen molar-refractivity contribution >= 4 is 35.1 Å². The van der Waals surface area contributed by atoms with Crippen molar-refractivity contribution < 1.29 is 38.1 Å². The number of anilines is 2. The molecule has 0 aliphatic heterocycles. The molecule has 0 atom stereocenters. The predicted octanol–water partition coefficient (Wildman–Crippen LogP) is 2.78. The number of nitrogens with one attached hydrogen (secondary N) is 2. The van der Waals surface area contributed by atoms with Crippen molar-refractivity contribution in [1.29, 1.82) is 0 Å². The zero-order valence-electron chi connectivity index (χ0n) is 18.6. The maximum atomic E-state index is 12.1. The van der Waals surface area contributed by atoms with Gasteiger partial charge in [-0.25, -0.2) is 4.79 Å². The summed E-state index contributed by atoms with van der Waals surface area (Å²) in [5, 5.41) is 5.19. The van der Waals surface area contributed by atoms with E-state index in [0.717, 1.165) is 0 Å². The zero-order valence-corrected chi connectivity index (χ0v) is 18.6. The van der Waals surface area contributed by atoms with E-state index in [-0.39, 0.29) is 19.4 Å². The first kappa shape index (κ1) is 25.2. The molecule has 0 aliphatic rings. The van der Waals surface area contributed by atoms with E-state index in [0.29, 0.717) is 28.4 Å². The van der Waals surface area contributed by atoms with Crippen molar-refractivity contribution in [3.8, 4) is 11.5 Å². The molecule has 0 heterocycles. The average Bonchev–Trinajstić information content (AvgIpc) is 2.82. The number of amides is 2. The molecule has 2 rings (SSSR count). The van der Waals surface area contributed by atoms with Crippen LogP contribution >= 0.6 is 0 Å². The van der Waals surface area contributed by atoms with Crippen molar-refractivity contribution in [3.05, 3.63) is 48.0 Å². The Bertz CT molecular complexity index is 988. The highest BCUT2D eigenvalue weighted by Gasteiger charge is 2.13. The number of rotatable bonds is 11. The normalized spacial score (nSPS) is 10.0. The summed E-state index contributed by atoms with van der Waals surface area (Å²) < 4.78 is 20.1. The van der Waals surface area contributed by atoms with Crippen molar-refractivity contribution in [3.63, 3.8) is 0 Å². The van der Waals surface area contributed by atoms with Gasteiger partial charge in [-0.05, 0) is 43.3 Å². The molecule has 0 saturated heterocycles. The van der Waals surface area contributed by atoms with Gasteiger partial charge >= 0.3 is 11.9 Å². The number of benzene rings is 2. The Morgan fingerprint density at radius 1 is 0.818 bits per heavy atom. The van der Waals surface area contributed by atoms with E-state index in [4.69, 9.17) is 18.9 Å². The van der Waals surface area contributed by atoms with Crippen LogP contribution in [0, 0.1) is 0 Å². The molecule has 0 aliphatic carbocycles.